The fourth-order valence-corrected chi connectivity index (χ4v) is 3.02. The van der Waals surface area contributed by atoms with Crippen molar-refractivity contribution in [1.82, 2.24) is 4.90 Å². The number of likely N-dealkylation sites (tertiary alicyclic amines) is 1. The molecule has 150 valence electrons. The van der Waals surface area contributed by atoms with Gasteiger partial charge in [-0.25, -0.2) is 4.79 Å². The Kier molecular flexibility index (Phi) is 7.01. The van der Waals surface area contributed by atoms with Crippen LogP contribution in [-0.4, -0.2) is 79.9 Å². The second kappa shape index (κ2) is 8.65. The van der Waals surface area contributed by atoms with Gasteiger partial charge >= 0.3 is 5.97 Å². The molecule has 2 unspecified atom stereocenters. The Bertz CT molecular complexity index is 500. The van der Waals surface area contributed by atoms with Crippen molar-refractivity contribution in [2.75, 3.05) is 39.5 Å². The average molecular weight is 373 g/mol. The van der Waals surface area contributed by atoms with Crippen LogP contribution < -0.4 is 0 Å². The Morgan fingerprint density at radius 1 is 1.08 bits per heavy atom. The Morgan fingerprint density at radius 2 is 1.69 bits per heavy atom. The summed E-state index contributed by atoms with van der Waals surface area (Å²) in [5.74, 6) is -1.09. The molecular formula is C18H31NO7. The maximum Gasteiger partial charge on any atom is 0.332 e. The van der Waals surface area contributed by atoms with Crippen molar-refractivity contribution in [3.05, 3.63) is 0 Å². The van der Waals surface area contributed by atoms with Gasteiger partial charge in [-0.05, 0) is 41.0 Å². The third-order valence-electron chi connectivity index (χ3n) is 3.96. The molecule has 0 N–H and O–H groups in total. The zero-order valence-corrected chi connectivity index (χ0v) is 16.4. The number of carbonyl (C=O) groups excluding carboxylic acids is 2. The van der Waals surface area contributed by atoms with E-state index in [1.165, 1.54) is 0 Å². The van der Waals surface area contributed by atoms with E-state index in [0.717, 1.165) is 6.42 Å². The molecule has 2 aliphatic rings. The number of fused-ring (bicyclic) bond motifs is 1. The van der Waals surface area contributed by atoms with Crippen LogP contribution in [0.25, 0.3) is 0 Å². The van der Waals surface area contributed by atoms with E-state index in [4.69, 9.17) is 23.7 Å². The van der Waals surface area contributed by atoms with Crippen LogP contribution >= 0.6 is 0 Å². The first-order valence-corrected chi connectivity index (χ1v) is 9.06. The summed E-state index contributed by atoms with van der Waals surface area (Å²) in [6.45, 7) is 10.6. The van der Waals surface area contributed by atoms with E-state index in [-0.39, 0.29) is 44.5 Å². The number of esters is 1. The summed E-state index contributed by atoms with van der Waals surface area (Å²) in [7, 11) is 0. The van der Waals surface area contributed by atoms with Crippen LogP contribution in [0, 0.1) is 0 Å². The molecule has 8 nitrogen and oxygen atoms in total. The lowest BCUT2D eigenvalue weighted by Gasteiger charge is -2.32. The van der Waals surface area contributed by atoms with E-state index in [1.807, 2.05) is 13.8 Å². The van der Waals surface area contributed by atoms with Crippen LogP contribution in [0.15, 0.2) is 0 Å². The van der Waals surface area contributed by atoms with Crippen molar-refractivity contribution < 1.29 is 33.3 Å². The predicted molar refractivity (Wildman–Crippen MR) is 92.5 cm³/mol. The highest BCUT2D eigenvalue weighted by atomic mass is 16.8. The van der Waals surface area contributed by atoms with Crippen molar-refractivity contribution in [3.8, 4) is 0 Å². The van der Waals surface area contributed by atoms with Crippen LogP contribution in [0.4, 0.5) is 0 Å². The van der Waals surface area contributed by atoms with Crippen molar-refractivity contribution in [1.29, 1.82) is 0 Å². The molecule has 0 aromatic heterocycles. The minimum Gasteiger partial charge on any atom is -0.458 e. The molecule has 2 heterocycles. The number of hydrogen-bond donors (Lipinski definition) is 0. The number of carbonyl (C=O) groups is 2. The first-order chi connectivity index (χ1) is 12.1. The molecule has 1 amide bonds. The van der Waals surface area contributed by atoms with Crippen LogP contribution in [0.3, 0.4) is 0 Å². The summed E-state index contributed by atoms with van der Waals surface area (Å²) in [6, 6.07) is 0. The van der Waals surface area contributed by atoms with E-state index in [0.29, 0.717) is 13.1 Å². The predicted octanol–water partition coefficient (Wildman–Crippen LogP) is 1.11. The lowest BCUT2D eigenvalue weighted by molar-refractivity contribution is -0.161. The van der Waals surface area contributed by atoms with E-state index >= 15 is 0 Å². The number of piperidine rings is 1. The number of amides is 1. The van der Waals surface area contributed by atoms with Gasteiger partial charge in [0.2, 0.25) is 5.91 Å². The minimum atomic E-state index is -0.587. The fourth-order valence-electron chi connectivity index (χ4n) is 3.02. The maximum absolute atomic E-state index is 12.2. The molecule has 0 spiro atoms. The summed E-state index contributed by atoms with van der Waals surface area (Å²) in [4.78, 5) is 25.5. The Morgan fingerprint density at radius 3 is 2.35 bits per heavy atom. The molecule has 2 fully saturated rings. The molecule has 2 saturated heterocycles. The van der Waals surface area contributed by atoms with Gasteiger partial charge in [-0.1, -0.05) is 0 Å². The Labute approximate surface area is 155 Å². The van der Waals surface area contributed by atoms with Crippen LogP contribution in [0.2, 0.25) is 0 Å². The van der Waals surface area contributed by atoms with Gasteiger partial charge in [0, 0.05) is 13.1 Å². The molecule has 26 heavy (non-hydrogen) atoms. The van der Waals surface area contributed by atoms with Crippen molar-refractivity contribution >= 4 is 11.9 Å². The van der Waals surface area contributed by atoms with Gasteiger partial charge < -0.3 is 28.6 Å². The highest BCUT2D eigenvalue weighted by Gasteiger charge is 2.44. The topological polar surface area (TPSA) is 83.5 Å². The van der Waals surface area contributed by atoms with E-state index in [9.17, 15) is 9.59 Å². The highest BCUT2D eigenvalue weighted by molar-refractivity contribution is 5.77. The number of ether oxygens (including phenoxy) is 5. The van der Waals surface area contributed by atoms with Crippen LogP contribution in [0.1, 0.15) is 41.0 Å². The lowest BCUT2D eigenvalue weighted by Crippen LogP contribution is -2.48. The first kappa shape index (κ1) is 21.1. The molecule has 0 saturated carbocycles. The SMILES string of the molecule is CC(C)(C)OC(=O)COCCOCC(=O)N1CCC2OC(C)(C)OC2C1. The number of hydrogen-bond acceptors (Lipinski definition) is 7. The molecule has 0 aromatic carbocycles. The minimum absolute atomic E-state index is 0.0164. The normalized spacial score (nSPS) is 25.0. The quantitative estimate of drug-likeness (QED) is 0.488. The molecule has 2 aliphatic heterocycles. The number of nitrogens with zero attached hydrogens (tertiary/aromatic N) is 1. The summed E-state index contributed by atoms with van der Waals surface area (Å²) in [6.07, 6.45) is 0.731. The smallest absolute Gasteiger partial charge is 0.332 e. The third kappa shape index (κ3) is 6.83. The summed E-state index contributed by atoms with van der Waals surface area (Å²) in [5.41, 5.74) is -0.528. The Hall–Kier alpha value is -1.22. The second-order valence-electron chi connectivity index (χ2n) is 8.03. The first-order valence-electron chi connectivity index (χ1n) is 9.06. The zero-order chi connectivity index (χ0) is 19.4. The molecule has 2 rings (SSSR count). The summed E-state index contributed by atoms with van der Waals surface area (Å²) < 4.78 is 27.3. The second-order valence-corrected chi connectivity index (χ2v) is 8.03. The molecule has 2 atom stereocenters. The van der Waals surface area contributed by atoms with Crippen molar-refractivity contribution in [2.24, 2.45) is 0 Å². The molecular weight excluding hydrogens is 342 g/mol. The largest absolute Gasteiger partial charge is 0.458 e. The van der Waals surface area contributed by atoms with Crippen LogP contribution in [-0.2, 0) is 33.3 Å². The summed E-state index contributed by atoms with van der Waals surface area (Å²) in [5, 5.41) is 0. The zero-order valence-electron chi connectivity index (χ0n) is 16.4. The van der Waals surface area contributed by atoms with E-state index < -0.39 is 17.4 Å². The van der Waals surface area contributed by atoms with E-state index in [2.05, 4.69) is 0 Å². The van der Waals surface area contributed by atoms with Gasteiger partial charge in [-0.3, -0.25) is 4.79 Å². The summed E-state index contributed by atoms with van der Waals surface area (Å²) >= 11 is 0. The lowest BCUT2D eigenvalue weighted by atomic mass is 10.1. The van der Waals surface area contributed by atoms with Gasteiger partial charge in [-0.15, -0.1) is 0 Å². The molecule has 0 radical (unpaired) electrons. The average Bonchev–Trinajstić information content (AvgIpc) is 2.81. The standard InChI is InChI=1S/C18H31NO7/c1-17(2,3)26-16(21)12-23-9-8-22-11-15(20)19-7-6-13-14(10-19)25-18(4,5)24-13/h13-14H,6-12H2,1-5H3. The monoisotopic (exact) mass is 373 g/mol. The highest BCUT2D eigenvalue weighted by Crippen LogP contribution is 2.32. The van der Waals surface area contributed by atoms with Gasteiger partial charge in [0.25, 0.3) is 0 Å². The van der Waals surface area contributed by atoms with Crippen LogP contribution in [0.5, 0.6) is 0 Å². The fraction of sp³-hybridized carbons (Fsp3) is 0.889. The van der Waals surface area contributed by atoms with Gasteiger partial charge in [-0.2, -0.15) is 0 Å². The molecule has 0 bridgehead atoms. The number of rotatable bonds is 7. The Balaban J connectivity index is 1.56. The van der Waals surface area contributed by atoms with Crippen molar-refractivity contribution in [3.63, 3.8) is 0 Å². The molecule has 8 heteroatoms. The maximum atomic E-state index is 12.2. The van der Waals surface area contributed by atoms with E-state index in [1.54, 1.807) is 25.7 Å². The molecule has 0 aromatic rings. The third-order valence-corrected chi connectivity index (χ3v) is 3.96. The molecule has 0 aliphatic carbocycles. The van der Waals surface area contributed by atoms with Gasteiger partial charge in [0.15, 0.2) is 5.79 Å². The van der Waals surface area contributed by atoms with Crippen molar-refractivity contribution in [2.45, 2.75) is 64.6 Å². The van der Waals surface area contributed by atoms with Gasteiger partial charge in [0.05, 0.1) is 19.3 Å². The van der Waals surface area contributed by atoms with Gasteiger partial charge in [0.1, 0.15) is 24.9 Å².